The fraction of sp³-hybridized carbons (Fsp3) is 0. The van der Waals surface area contributed by atoms with Crippen molar-refractivity contribution in [3.63, 3.8) is 0 Å². The lowest BCUT2D eigenvalue weighted by molar-refractivity contribution is 0.310. The van der Waals surface area contributed by atoms with Crippen molar-refractivity contribution in [3.05, 3.63) is 29.9 Å². The first-order valence-electron chi connectivity index (χ1n) is 4.79. The Kier molecular flexibility index (Phi) is 2.30. The molecule has 0 atom stereocenters. The van der Waals surface area contributed by atoms with Crippen LogP contribution in [0.25, 0.3) is 22.0 Å². The van der Waals surface area contributed by atoms with E-state index >= 15 is 0 Å². The molecule has 0 saturated heterocycles. The molecule has 0 amide bonds. The van der Waals surface area contributed by atoms with Crippen molar-refractivity contribution in [1.29, 1.82) is 0 Å². The molecular weight excluding hydrogens is 238 g/mol. The number of pyridine rings is 1. The van der Waals surface area contributed by atoms with E-state index < -0.39 is 0 Å². The normalized spacial score (nSPS) is 10.6. The molecular formula is C10H7N5OS. The van der Waals surface area contributed by atoms with Gasteiger partial charge in [0, 0.05) is 23.3 Å². The molecule has 17 heavy (non-hydrogen) atoms. The van der Waals surface area contributed by atoms with Gasteiger partial charge in [0.2, 0.25) is 0 Å². The molecule has 7 heteroatoms. The topological polar surface area (TPSA) is 90.7 Å². The van der Waals surface area contributed by atoms with Crippen molar-refractivity contribution in [2.24, 2.45) is 0 Å². The summed E-state index contributed by atoms with van der Waals surface area (Å²) in [5.41, 5.74) is 7.69. The monoisotopic (exact) mass is 245 g/mol. The van der Waals surface area contributed by atoms with E-state index in [1.54, 1.807) is 12.4 Å². The molecule has 0 bridgehead atoms. The number of anilines is 1. The number of nitrogens with zero attached hydrogens (tertiary/aromatic N) is 4. The molecule has 0 saturated carbocycles. The average Bonchev–Trinajstić information content (AvgIpc) is 2.98. The van der Waals surface area contributed by atoms with Gasteiger partial charge >= 0.3 is 0 Å². The Bertz CT molecular complexity index is 633. The number of hydrogen-bond acceptors (Lipinski definition) is 7. The van der Waals surface area contributed by atoms with Crippen molar-refractivity contribution < 1.29 is 4.63 Å². The van der Waals surface area contributed by atoms with E-state index in [1.165, 1.54) is 11.3 Å². The number of hydrogen-bond donors (Lipinski definition) is 1. The number of nitrogens with two attached hydrogens (primary N) is 1. The summed E-state index contributed by atoms with van der Waals surface area (Å²) in [5, 5.41) is 9.95. The Morgan fingerprint density at radius 3 is 2.94 bits per heavy atom. The summed E-state index contributed by atoms with van der Waals surface area (Å²) in [7, 11) is 0. The SMILES string of the molecule is Nc1nonc1-c1csc(-c2cccnc2)n1. The predicted octanol–water partition coefficient (Wildman–Crippen LogP) is 1.84. The molecule has 3 aromatic heterocycles. The summed E-state index contributed by atoms with van der Waals surface area (Å²) in [6.07, 6.45) is 3.48. The lowest BCUT2D eigenvalue weighted by Crippen LogP contribution is -1.88. The van der Waals surface area contributed by atoms with Crippen molar-refractivity contribution in [1.82, 2.24) is 20.3 Å². The lowest BCUT2D eigenvalue weighted by atomic mass is 10.3. The average molecular weight is 245 g/mol. The van der Waals surface area contributed by atoms with Gasteiger partial charge in [-0.1, -0.05) is 0 Å². The quantitative estimate of drug-likeness (QED) is 0.740. The highest BCUT2D eigenvalue weighted by molar-refractivity contribution is 7.13. The minimum absolute atomic E-state index is 0.244. The predicted molar refractivity (Wildman–Crippen MR) is 63.0 cm³/mol. The Balaban J connectivity index is 2.02. The van der Waals surface area contributed by atoms with Crippen molar-refractivity contribution in [3.8, 4) is 22.0 Å². The van der Waals surface area contributed by atoms with Crippen LogP contribution in [-0.2, 0) is 0 Å². The second-order valence-corrected chi connectivity index (χ2v) is 4.14. The van der Waals surface area contributed by atoms with E-state index in [1.807, 2.05) is 17.5 Å². The van der Waals surface area contributed by atoms with Gasteiger partial charge in [-0.05, 0) is 22.4 Å². The maximum absolute atomic E-state index is 5.61. The molecule has 3 rings (SSSR count). The summed E-state index contributed by atoms with van der Waals surface area (Å²) in [4.78, 5) is 8.47. The first-order chi connectivity index (χ1) is 8.34. The molecule has 0 fully saturated rings. The minimum atomic E-state index is 0.244. The van der Waals surface area contributed by atoms with Crippen LogP contribution in [0.4, 0.5) is 5.82 Å². The first kappa shape index (κ1) is 9.91. The van der Waals surface area contributed by atoms with Gasteiger partial charge < -0.3 is 5.73 Å². The zero-order chi connectivity index (χ0) is 11.7. The molecule has 3 heterocycles. The van der Waals surface area contributed by atoms with Crippen molar-refractivity contribution in [2.45, 2.75) is 0 Å². The second-order valence-electron chi connectivity index (χ2n) is 3.28. The standard InChI is InChI=1S/C10H7N5OS/c11-9-8(14-16-15-9)7-5-17-10(13-7)6-2-1-3-12-4-6/h1-5H,(H2,11,15). The van der Waals surface area contributed by atoms with E-state index in [4.69, 9.17) is 5.73 Å². The minimum Gasteiger partial charge on any atom is -0.379 e. The van der Waals surface area contributed by atoms with Gasteiger partial charge in [-0.2, -0.15) is 0 Å². The smallest absolute Gasteiger partial charge is 0.198 e. The third kappa shape index (κ3) is 1.76. The Labute approximate surface area is 100 Å². The number of aromatic nitrogens is 4. The summed E-state index contributed by atoms with van der Waals surface area (Å²) in [6.45, 7) is 0. The largest absolute Gasteiger partial charge is 0.379 e. The van der Waals surface area contributed by atoms with Gasteiger partial charge in [-0.15, -0.1) is 11.3 Å². The Morgan fingerprint density at radius 2 is 2.24 bits per heavy atom. The fourth-order valence-corrected chi connectivity index (χ4v) is 2.17. The van der Waals surface area contributed by atoms with Crippen LogP contribution < -0.4 is 5.73 Å². The summed E-state index contributed by atoms with van der Waals surface area (Å²) in [6, 6.07) is 3.81. The zero-order valence-corrected chi connectivity index (χ0v) is 9.39. The number of thiazole rings is 1. The van der Waals surface area contributed by atoms with E-state index in [-0.39, 0.29) is 5.82 Å². The zero-order valence-electron chi connectivity index (χ0n) is 8.57. The summed E-state index contributed by atoms with van der Waals surface area (Å²) >= 11 is 1.49. The summed E-state index contributed by atoms with van der Waals surface area (Å²) < 4.78 is 4.54. The fourth-order valence-electron chi connectivity index (χ4n) is 1.38. The molecule has 0 aliphatic heterocycles. The van der Waals surface area contributed by atoms with Gasteiger partial charge in [0.05, 0.1) is 0 Å². The van der Waals surface area contributed by atoms with E-state index in [9.17, 15) is 0 Å². The number of nitrogen functional groups attached to an aromatic ring is 1. The number of rotatable bonds is 2. The van der Waals surface area contributed by atoms with Gasteiger partial charge in [0.25, 0.3) is 0 Å². The van der Waals surface area contributed by atoms with Crippen molar-refractivity contribution >= 4 is 17.2 Å². The summed E-state index contributed by atoms with van der Waals surface area (Å²) in [5.74, 6) is 0.244. The molecule has 0 aliphatic carbocycles. The molecule has 0 aromatic carbocycles. The van der Waals surface area contributed by atoms with Crippen LogP contribution in [0, 0.1) is 0 Å². The van der Waals surface area contributed by atoms with Crippen LogP contribution in [-0.4, -0.2) is 20.3 Å². The highest BCUT2D eigenvalue weighted by atomic mass is 32.1. The van der Waals surface area contributed by atoms with Crippen LogP contribution in [0.3, 0.4) is 0 Å². The van der Waals surface area contributed by atoms with Crippen LogP contribution in [0.15, 0.2) is 34.5 Å². The van der Waals surface area contributed by atoms with Gasteiger partial charge in [0.1, 0.15) is 10.7 Å². The van der Waals surface area contributed by atoms with E-state index in [2.05, 4.69) is 24.9 Å². The molecule has 0 unspecified atom stereocenters. The van der Waals surface area contributed by atoms with Crippen LogP contribution >= 0.6 is 11.3 Å². The van der Waals surface area contributed by atoms with E-state index in [0.717, 1.165) is 10.6 Å². The van der Waals surface area contributed by atoms with Crippen LogP contribution in [0.2, 0.25) is 0 Å². The molecule has 3 aromatic rings. The maximum Gasteiger partial charge on any atom is 0.198 e. The maximum atomic E-state index is 5.61. The third-order valence-electron chi connectivity index (χ3n) is 2.17. The molecule has 0 spiro atoms. The van der Waals surface area contributed by atoms with Crippen LogP contribution in [0.5, 0.6) is 0 Å². The van der Waals surface area contributed by atoms with Gasteiger partial charge in [0.15, 0.2) is 11.5 Å². The molecule has 84 valence electrons. The van der Waals surface area contributed by atoms with E-state index in [0.29, 0.717) is 11.4 Å². The highest BCUT2D eigenvalue weighted by Gasteiger charge is 2.13. The Hall–Kier alpha value is -2.28. The van der Waals surface area contributed by atoms with Crippen molar-refractivity contribution in [2.75, 3.05) is 5.73 Å². The second kappa shape index (κ2) is 3.95. The molecule has 0 radical (unpaired) electrons. The highest BCUT2D eigenvalue weighted by Crippen LogP contribution is 2.29. The third-order valence-corrected chi connectivity index (χ3v) is 3.06. The molecule has 6 nitrogen and oxygen atoms in total. The Morgan fingerprint density at radius 1 is 1.29 bits per heavy atom. The molecule has 0 aliphatic rings. The van der Waals surface area contributed by atoms with Gasteiger partial charge in [-0.25, -0.2) is 9.61 Å². The van der Waals surface area contributed by atoms with Crippen LogP contribution in [0.1, 0.15) is 0 Å². The first-order valence-corrected chi connectivity index (χ1v) is 5.67. The lowest BCUT2D eigenvalue weighted by Gasteiger charge is -1.92. The van der Waals surface area contributed by atoms with Gasteiger partial charge in [-0.3, -0.25) is 4.98 Å². The molecule has 2 N–H and O–H groups in total.